The van der Waals surface area contributed by atoms with E-state index in [1.165, 1.54) is 19.2 Å². The second kappa shape index (κ2) is 27.6. The van der Waals surface area contributed by atoms with Gasteiger partial charge in [-0.15, -0.1) is 0 Å². The highest BCUT2D eigenvalue weighted by Crippen LogP contribution is 2.40. The molecule has 0 radical (unpaired) electrons. The van der Waals surface area contributed by atoms with Crippen molar-refractivity contribution in [3.8, 4) is 17.2 Å². The van der Waals surface area contributed by atoms with Crippen molar-refractivity contribution in [3.05, 3.63) is 119 Å². The largest absolute Gasteiger partial charge is 0.508 e. The maximum absolute atomic E-state index is 11.5. The molecule has 5 rings (SSSR count). The molecule has 0 amide bonds. The van der Waals surface area contributed by atoms with E-state index in [-0.39, 0.29) is 75.7 Å². The van der Waals surface area contributed by atoms with Crippen LogP contribution < -0.4 is 14.7 Å². The fourth-order valence-electron chi connectivity index (χ4n) is 6.05. The predicted octanol–water partition coefficient (Wildman–Crippen LogP) is 5.42. The molecule has 0 aliphatic carbocycles. The summed E-state index contributed by atoms with van der Waals surface area (Å²) in [5.74, 6) is 1.75. The number of anilines is 3. The number of benzene rings is 4. The van der Waals surface area contributed by atoms with Gasteiger partial charge in [-0.05, 0) is 79.1 Å². The van der Waals surface area contributed by atoms with Gasteiger partial charge in [-0.3, -0.25) is 18.9 Å². The molecule has 0 bridgehead atoms. The van der Waals surface area contributed by atoms with Crippen LogP contribution >= 0.6 is 0 Å². The van der Waals surface area contributed by atoms with Gasteiger partial charge in [0.1, 0.15) is 57.6 Å². The lowest BCUT2D eigenvalue weighted by Crippen LogP contribution is -2.36. The van der Waals surface area contributed by atoms with Gasteiger partial charge in [-0.2, -0.15) is 23.4 Å². The van der Waals surface area contributed by atoms with E-state index in [2.05, 4.69) is 21.9 Å². The Morgan fingerprint density at radius 1 is 0.462 bits per heavy atom. The van der Waals surface area contributed by atoms with Crippen molar-refractivity contribution in [2.75, 3.05) is 118 Å². The number of aryl methyl sites for hydroxylation is 1. The minimum atomic E-state index is -3.63. The number of phenols is 3. The maximum atomic E-state index is 11.5. The first-order valence-electron chi connectivity index (χ1n) is 20.0. The van der Waals surface area contributed by atoms with Crippen LogP contribution in [0.2, 0.25) is 0 Å². The van der Waals surface area contributed by atoms with E-state index < -0.39 is 15.5 Å². The molecular weight excluding hydrogens is 865 g/mol. The number of phenolic OH excluding ortho intramolecular Hbond substituents is 3. The third-order valence-corrected chi connectivity index (χ3v) is 10.7. The Labute approximate surface area is 381 Å². The monoisotopic (exact) mass is 926 g/mol. The Hall–Kier alpha value is -5.68. The number of hydrogen-bond acceptors (Lipinski definition) is 19. The Balaban J connectivity index is 0.000000269. The normalized spacial score (nSPS) is 11.2. The van der Waals surface area contributed by atoms with Gasteiger partial charge in [-0.1, -0.05) is 54.1 Å². The molecule has 3 N–H and O–H groups in total. The van der Waals surface area contributed by atoms with Crippen LogP contribution in [0.4, 0.5) is 17.8 Å². The summed E-state index contributed by atoms with van der Waals surface area (Å²) in [6.45, 7) is 5.68. The van der Waals surface area contributed by atoms with Gasteiger partial charge in [0.15, 0.2) is 0 Å². The van der Waals surface area contributed by atoms with E-state index in [1.807, 2.05) is 43.3 Å². The van der Waals surface area contributed by atoms with Gasteiger partial charge in [-0.25, -0.2) is 0 Å². The van der Waals surface area contributed by atoms with Crippen molar-refractivity contribution in [3.63, 3.8) is 0 Å². The van der Waals surface area contributed by atoms with Crippen LogP contribution in [0.1, 0.15) is 29.2 Å². The Kier molecular flexibility index (Phi) is 22.8. The van der Waals surface area contributed by atoms with E-state index in [0.29, 0.717) is 17.8 Å². The highest BCUT2D eigenvalue weighted by molar-refractivity contribution is 7.86. The zero-order chi connectivity index (χ0) is 47.8. The molecule has 20 heteroatoms. The summed E-state index contributed by atoms with van der Waals surface area (Å²) in [6.07, 6.45) is 0. The molecule has 19 nitrogen and oxygen atoms in total. The van der Waals surface area contributed by atoms with Crippen molar-refractivity contribution in [2.24, 2.45) is 0 Å². The summed E-state index contributed by atoms with van der Waals surface area (Å²) < 4.78 is 63.9. The highest BCUT2D eigenvalue weighted by atomic mass is 32.2. The maximum Gasteiger partial charge on any atom is 0.297 e. The van der Waals surface area contributed by atoms with Crippen LogP contribution in [-0.4, -0.2) is 142 Å². The van der Waals surface area contributed by atoms with Crippen molar-refractivity contribution in [2.45, 2.75) is 24.2 Å². The second-order valence-corrected chi connectivity index (χ2v) is 15.8. The van der Waals surface area contributed by atoms with E-state index in [4.69, 9.17) is 37.3 Å². The standard InChI is InChI=1S/C20H18O3.C15H30N6O6.C10H14O4S/c1-20(14-2-8-17(21)9-3-14,15-4-10-18(22)11-5-15)16-6-12-19(23)13-7-16;1-22-7-19(8-23-2)13-16-14(20(9-24-3)10-25-4)18-15(17-13)21(11-26-5)12-27-6;1-9-3-5-10(6-4-9)15(11,12)14-8-7-13-2/h2-13,21-23H,1H3;7-12H2,1-6H3;3-6H,7-8H2,1-2H3. The SMILES string of the molecule is CC(c1ccc(O)cc1)(c1ccc(O)cc1)c1ccc(O)cc1.COCCOS(=O)(=O)c1ccc(C)cc1.COCN(COC)c1nc(N(COC)COC)nc(N(COC)COC)n1. The quantitative estimate of drug-likeness (QED) is 0.0323. The molecule has 4 aromatic carbocycles. The molecule has 0 saturated carbocycles. The van der Waals surface area contributed by atoms with E-state index in [9.17, 15) is 23.7 Å². The van der Waals surface area contributed by atoms with Crippen molar-refractivity contribution >= 4 is 28.0 Å². The molecule has 0 spiro atoms. The van der Waals surface area contributed by atoms with E-state index in [1.54, 1.807) is 106 Å². The van der Waals surface area contributed by atoms with Gasteiger partial charge in [0, 0.05) is 55.2 Å². The molecule has 0 unspecified atom stereocenters. The molecular formula is C45H62N6O13S. The first kappa shape index (κ1) is 53.7. The van der Waals surface area contributed by atoms with Gasteiger partial charge < -0.3 is 48.5 Å². The number of aromatic nitrogens is 3. The zero-order valence-electron chi connectivity index (χ0n) is 38.4. The summed E-state index contributed by atoms with van der Waals surface area (Å²) in [5.41, 5.74) is 3.55. The molecule has 1 heterocycles. The van der Waals surface area contributed by atoms with E-state index >= 15 is 0 Å². The minimum absolute atomic E-state index is 0.0344. The van der Waals surface area contributed by atoms with E-state index in [0.717, 1.165) is 22.3 Å². The Bertz CT molecular complexity index is 1990. The molecule has 1 aromatic heterocycles. The fraction of sp³-hybridized carbons (Fsp3) is 0.400. The number of methoxy groups -OCH3 is 7. The fourth-order valence-corrected chi connectivity index (χ4v) is 6.94. The number of hydrogen-bond donors (Lipinski definition) is 3. The number of rotatable bonds is 23. The predicted molar refractivity (Wildman–Crippen MR) is 245 cm³/mol. The third kappa shape index (κ3) is 16.4. The number of ether oxygens (including phenoxy) is 7. The molecule has 356 valence electrons. The number of aromatic hydroxyl groups is 3. The first-order chi connectivity index (χ1) is 31.2. The molecule has 0 aliphatic rings. The Morgan fingerprint density at radius 2 is 0.754 bits per heavy atom. The first-order valence-corrected chi connectivity index (χ1v) is 21.4. The lowest BCUT2D eigenvalue weighted by Gasteiger charge is -2.32. The summed E-state index contributed by atoms with van der Waals surface area (Å²) in [5, 5.41) is 28.7. The molecule has 0 fully saturated rings. The smallest absolute Gasteiger partial charge is 0.297 e. The Morgan fingerprint density at radius 3 is 1.02 bits per heavy atom. The summed E-state index contributed by atoms with van der Waals surface area (Å²) >= 11 is 0. The van der Waals surface area contributed by atoms with Gasteiger partial charge in [0.2, 0.25) is 17.8 Å². The zero-order valence-corrected chi connectivity index (χ0v) is 39.2. The lowest BCUT2D eigenvalue weighted by atomic mass is 9.71. The van der Waals surface area contributed by atoms with Crippen LogP contribution in [0.5, 0.6) is 17.2 Å². The van der Waals surface area contributed by atoms with Crippen LogP contribution in [0.3, 0.4) is 0 Å². The van der Waals surface area contributed by atoms with Crippen LogP contribution in [0, 0.1) is 6.92 Å². The molecule has 0 atom stereocenters. The van der Waals surface area contributed by atoms with Crippen LogP contribution in [-0.2, 0) is 52.9 Å². The van der Waals surface area contributed by atoms with Crippen LogP contribution in [0.15, 0.2) is 102 Å². The lowest BCUT2D eigenvalue weighted by molar-refractivity contribution is 0.134. The number of nitrogens with zero attached hydrogens (tertiary/aromatic N) is 6. The van der Waals surface area contributed by atoms with Crippen molar-refractivity contribution in [1.82, 2.24) is 15.0 Å². The average molecular weight is 927 g/mol. The summed E-state index contributed by atoms with van der Waals surface area (Å²) in [4.78, 5) is 18.8. The second-order valence-electron chi connectivity index (χ2n) is 14.2. The third-order valence-electron chi connectivity index (χ3n) is 9.33. The highest BCUT2D eigenvalue weighted by Gasteiger charge is 2.31. The summed E-state index contributed by atoms with van der Waals surface area (Å²) in [6, 6.07) is 27.8. The van der Waals surface area contributed by atoms with Gasteiger partial charge in [0.25, 0.3) is 10.1 Å². The van der Waals surface area contributed by atoms with Gasteiger partial charge >= 0.3 is 0 Å². The summed E-state index contributed by atoms with van der Waals surface area (Å²) in [7, 11) is 7.33. The molecule has 5 aromatic rings. The molecule has 65 heavy (non-hydrogen) atoms. The van der Waals surface area contributed by atoms with Crippen LogP contribution in [0.25, 0.3) is 0 Å². The molecule has 0 aliphatic heterocycles. The van der Waals surface area contributed by atoms with Crippen molar-refractivity contribution in [1.29, 1.82) is 0 Å². The van der Waals surface area contributed by atoms with Gasteiger partial charge in [0.05, 0.1) is 18.1 Å². The molecule has 0 saturated heterocycles. The topological polar surface area (TPSA) is 217 Å². The minimum Gasteiger partial charge on any atom is -0.508 e. The van der Waals surface area contributed by atoms with Crippen molar-refractivity contribution < 1.29 is 61.1 Å². The average Bonchev–Trinajstić information content (AvgIpc) is 3.30.